The number of aliphatic hydroxyl groups is 3. The zero-order valence-electron chi connectivity index (χ0n) is 33.8. The normalized spacial score (nSPS) is 24.8. The number of unbranched alkanes of at least 4 members (excludes halogenated alkanes) is 2. The molecule has 4 aliphatic rings. The van der Waals surface area contributed by atoms with Crippen LogP contribution in [0.1, 0.15) is 60.9 Å². The van der Waals surface area contributed by atoms with Crippen LogP contribution in [0.15, 0.2) is 28.4 Å². The van der Waals surface area contributed by atoms with Gasteiger partial charge in [0.25, 0.3) is 5.91 Å². The molecule has 23 heteroatoms. The van der Waals surface area contributed by atoms with Crippen molar-refractivity contribution in [1.82, 2.24) is 31.9 Å². The molecule has 9 N–H and O–H groups in total. The van der Waals surface area contributed by atoms with Gasteiger partial charge in [-0.15, -0.1) is 10.2 Å². The molecule has 5 amide bonds. The molecule has 5 rings (SSSR count). The van der Waals surface area contributed by atoms with Crippen LogP contribution in [-0.2, 0) is 29.5 Å². The zero-order chi connectivity index (χ0) is 43.8. The summed E-state index contributed by atoms with van der Waals surface area (Å²) in [6.07, 6.45) is -4.17. The van der Waals surface area contributed by atoms with Gasteiger partial charge in [0.2, 0.25) is 11.8 Å². The van der Waals surface area contributed by atoms with Crippen LogP contribution in [0.3, 0.4) is 0 Å². The van der Waals surface area contributed by atoms with Gasteiger partial charge >= 0.3 is 17.9 Å². The minimum Gasteiger partial charge on any atom is -0.490 e. The number of thioether (sulfide) groups is 1. The Labute approximate surface area is 355 Å². The first-order valence-electron chi connectivity index (χ1n) is 20.6. The van der Waals surface area contributed by atoms with E-state index in [0.29, 0.717) is 44.0 Å². The molecule has 0 bridgehead atoms. The number of alkyl halides is 3. The van der Waals surface area contributed by atoms with E-state index in [1.54, 1.807) is 0 Å². The molecule has 0 aromatic heterocycles. The second kappa shape index (κ2) is 23.6. The summed E-state index contributed by atoms with van der Waals surface area (Å²) >= 11 is 1.86. The van der Waals surface area contributed by atoms with Crippen molar-refractivity contribution in [2.24, 2.45) is 10.2 Å². The second-order valence-electron chi connectivity index (χ2n) is 15.0. The van der Waals surface area contributed by atoms with Gasteiger partial charge in [-0.2, -0.15) is 24.9 Å². The van der Waals surface area contributed by atoms with Crippen LogP contribution >= 0.6 is 11.8 Å². The van der Waals surface area contributed by atoms with Crippen molar-refractivity contribution in [2.75, 3.05) is 78.1 Å². The lowest BCUT2D eigenvalue weighted by atomic mass is 10.00. The standard InChI is InChI=1S/C38H57F3N8O11S/c39-38(40,41)37(48-49-37)23-8-9-24(35(55)45-12-11-42-20-27-33(53)34(54)28(21-50)60-27)26(19-23)59-18-17-58-16-15-57-14-13-44-31(52)7-3-4-10-43-30(51)6-2-1-5-29-32-25(22-61-29)46-36(56)47-32/h8-9,19,25,27-29,32-34,42,50,53-54H,1-7,10-18,20-22H2,(H,43,51)(H,44,52)(H,45,55)(H2,46,47,56)/t25?,27-,28-,29+,32?,33-,34-/m1/s1. The van der Waals surface area contributed by atoms with Gasteiger partial charge < -0.3 is 66.2 Å². The Morgan fingerprint density at radius 3 is 2.26 bits per heavy atom. The Hall–Kier alpha value is -3.84. The number of nitrogens with one attached hydrogen (secondary N) is 6. The summed E-state index contributed by atoms with van der Waals surface area (Å²) in [7, 11) is 0. The van der Waals surface area contributed by atoms with E-state index in [-0.39, 0.29) is 99.5 Å². The van der Waals surface area contributed by atoms with Gasteiger partial charge in [0, 0.05) is 62.1 Å². The first-order valence-corrected chi connectivity index (χ1v) is 21.6. The van der Waals surface area contributed by atoms with Gasteiger partial charge in [-0.3, -0.25) is 14.4 Å². The number of urea groups is 1. The minimum atomic E-state index is -4.78. The van der Waals surface area contributed by atoms with Gasteiger partial charge in [-0.1, -0.05) is 12.5 Å². The molecule has 342 valence electrons. The van der Waals surface area contributed by atoms with Crippen molar-refractivity contribution >= 4 is 35.5 Å². The van der Waals surface area contributed by atoms with Crippen molar-refractivity contribution < 1.29 is 66.6 Å². The number of fused-ring (bicyclic) bond motifs is 1. The molecule has 0 saturated carbocycles. The zero-order valence-corrected chi connectivity index (χ0v) is 34.6. The molecule has 4 heterocycles. The third-order valence-corrected chi connectivity index (χ3v) is 12.1. The fourth-order valence-electron chi connectivity index (χ4n) is 7.12. The summed E-state index contributed by atoms with van der Waals surface area (Å²) in [5, 5.41) is 53.2. The predicted molar refractivity (Wildman–Crippen MR) is 213 cm³/mol. The van der Waals surface area contributed by atoms with Crippen molar-refractivity contribution in [1.29, 1.82) is 0 Å². The van der Waals surface area contributed by atoms with Gasteiger partial charge in [0.15, 0.2) is 0 Å². The van der Waals surface area contributed by atoms with Crippen LogP contribution in [0.25, 0.3) is 0 Å². The summed E-state index contributed by atoms with van der Waals surface area (Å²) in [5.74, 6) is 0.0303. The molecule has 7 atom stereocenters. The molecule has 0 aliphatic carbocycles. The van der Waals surface area contributed by atoms with E-state index in [1.165, 1.54) is 6.07 Å². The molecule has 19 nitrogen and oxygen atoms in total. The van der Waals surface area contributed by atoms with Crippen molar-refractivity contribution in [3.05, 3.63) is 29.3 Å². The van der Waals surface area contributed by atoms with E-state index < -0.39 is 48.8 Å². The van der Waals surface area contributed by atoms with E-state index in [4.69, 9.17) is 18.9 Å². The molecule has 3 fully saturated rings. The molecular weight excluding hydrogens is 834 g/mol. The number of hydrogen-bond donors (Lipinski definition) is 9. The van der Waals surface area contributed by atoms with Gasteiger partial charge in [-0.05, 0) is 37.8 Å². The van der Waals surface area contributed by atoms with Crippen LogP contribution in [0, 0.1) is 0 Å². The maximum absolute atomic E-state index is 13.7. The van der Waals surface area contributed by atoms with E-state index >= 15 is 0 Å². The highest BCUT2D eigenvalue weighted by atomic mass is 32.2. The van der Waals surface area contributed by atoms with E-state index in [9.17, 15) is 47.7 Å². The van der Waals surface area contributed by atoms with E-state index in [1.807, 2.05) is 11.8 Å². The number of nitrogens with zero attached hydrogens (tertiary/aromatic N) is 2. The van der Waals surface area contributed by atoms with Crippen LogP contribution in [-0.4, -0.2) is 165 Å². The van der Waals surface area contributed by atoms with Crippen LogP contribution in [0.2, 0.25) is 0 Å². The lowest BCUT2D eigenvalue weighted by molar-refractivity contribution is -0.166. The maximum atomic E-state index is 13.7. The predicted octanol–water partition coefficient (Wildman–Crippen LogP) is 0.209. The van der Waals surface area contributed by atoms with Gasteiger partial charge in [-0.25, -0.2) is 4.79 Å². The van der Waals surface area contributed by atoms with Gasteiger partial charge in [0.05, 0.1) is 56.8 Å². The van der Waals surface area contributed by atoms with Crippen molar-refractivity contribution in [3.63, 3.8) is 0 Å². The summed E-state index contributed by atoms with van der Waals surface area (Å²) in [6, 6.07) is 3.66. The second-order valence-corrected chi connectivity index (χ2v) is 16.3. The highest BCUT2D eigenvalue weighted by Gasteiger charge is 2.65. The first-order chi connectivity index (χ1) is 29.3. The van der Waals surface area contributed by atoms with Crippen LogP contribution < -0.4 is 36.6 Å². The quantitative estimate of drug-likeness (QED) is 0.0403. The number of halogens is 3. The topological polar surface area (TPSA) is 263 Å². The number of benzene rings is 1. The number of hydrogen-bond acceptors (Lipinski definition) is 15. The smallest absolute Gasteiger partial charge is 0.442 e. The summed E-state index contributed by atoms with van der Waals surface area (Å²) in [4.78, 5) is 48.8. The monoisotopic (exact) mass is 890 g/mol. The average molecular weight is 891 g/mol. The number of ether oxygens (including phenoxy) is 4. The third-order valence-electron chi connectivity index (χ3n) is 10.6. The Morgan fingerprint density at radius 2 is 1.56 bits per heavy atom. The number of carbonyl (C=O) groups is 4. The molecule has 0 radical (unpaired) electrons. The molecule has 0 spiro atoms. The van der Waals surface area contributed by atoms with Gasteiger partial charge in [0.1, 0.15) is 30.7 Å². The van der Waals surface area contributed by atoms with Crippen molar-refractivity contribution in [3.8, 4) is 5.75 Å². The molecular formula is C38H57F3N8O11S. The number of rotatable bonds is 28. The van der Waals surface area contributed by atoms with Crippen LogP contribution in [0.4, 0.5) is 18.0 Å². The fraction of sp³-hybridized carbons (Fsp3) is 0.737. The molecule has 1 aromatic rings. The van der Waals surface area contributed by atoms with Crippen LogP contribution in [0.5, 0.6) is 5.75 Å². The summed E-state index contributed by atoms with van der Waals surface area (Å²) in [6.45, 7) is 1.31. The van der Waals surface area contributed by atoms with Crippen molar-refractivity contribution in [2.45, 2.75) is 98.5 Å². The third kappa shape index (κ3) is 14.1. The largest absolute Gasteiger partial charge is 0.490 e. The maximum Gasteiger partial charge on any atom is 0.442 e. The van der Waals surface area contributed by atoms with E-state index in [0.717, 1.165) is 37.1 Å². The number of amides is 5. The Balaban J connectivity index is 0.880. The molecule has 61 heavy (non-hydrogen) atoms. The molecule has 4 aliphatic heterocycles. The highest BCUT2D eigenvalue weighted by Crippen LogP contribution is 2.53. The summed E-state index contributed by atoms with van der Waals surface area (Å²) in [5.41, 5.74) is -3.06. The lowest BCUT2D eigenvalue weighted by Crippen LogP contribution is -2.40. The lowest BCUT2D eigenvalue weighted by Gasteiger charge is -2.18. The Bertz CT molecular complexity index is 1640. The molecule has 2 unspecified atom stereocenters. The fourth-order valence-corrected chi connectivity index (χ4v) is 8.67. The average Bonchev–Trinajstić information content (AvgIpc) is 3.78. The Kier molecular flexibility index (Phi) is 18.6. The summed E-state index contributed by atoms with van der Waals surface area (Å²) < 4.78 is 63.2. The van der Waals surface area contributed by atoms with E-state index in [2.05, 4.69) is 42.1 Å². The minimum absolute atomic E-state index is 0.00626. The Morgan fingerprint density at radius 1 is 0.869 bits per heavy atom. The highest BCUT2D eigenvalue weighted by molar-refractivity contribution is 8.00. The SMILES string of the molecule is O=C(CCCC[C@@H]1SCC2NC(=O)NC21)NCCCCC(=O)NCCOCCOCCOc1cc(C2(C(F)(F)F)N=N2)ccc1C(=O)NCCNC[C@H]1O[C@H](CO)[C@@H](O)[C@@H]1O. The molecule has 1 aromatic carbocycles. The number of carbonyl (C=O) groups excluding carboxylic acids is 4. The molecule has 3 saturated heterocycles. The first kappa shape index (κ1) is 48.2. The number of aliphatic hydroxyl groups excluding tert-OH is 3.